The molecule has 0 radical (unpaired) electrons. The molecule has 0 aromatic carbocycles. The van der Waals surface area contributed by atoms with Gasteiger partial charge in [0.25, 0.3) is 0 Å². The number of thiophene rings is 1. The molecular weight excluding hydrogens is 289 g/mol. The van der Waals surface area contributed by atoms with Gasteiger partial charge in [0.05, 0.1) is 22.5 Å². The molecule has 6 heteroatoms. The standard InChI is InChI=1S/C12H15Cl2N3S/c1-8-10(6-13)12(17(3)15-8)16(2)7-9-4-5-11(14)18-9/h4-5H,6-7H2,1-3H3. The third kappa shape index (κ3) is 2.66. The second-order valence-electron chi connectivity index (χ2n) is 4.21. The SMILES string of the molecule is Cc1nn(C)c(N(C)Cc2ccc(Cl)s2)c1CCl. The van der Waals surface area contributed by atoms with Crippen molar-refractivity contribution in [1.82, 2.24) is 9.78 Å². The average molecular weight is 304 g/mol. The molecule has 0 saturated carbocycles. The van der Waals surface area contributed by atoms with Crippen LogP contribution in [0.25, 0.3) is 0 Å². The number of rotatable bonds is 4. The van der Waals surface area contributed by atoms with Gasteiger partial charge >= 0.3 is 0 Å². The quantitative estimate of drug-likeness (QED) is 0.801. The predicted octanol–water partition coefficient (Wildman–Crippen LogP) is 3.82. The van der Waals surface area contributed by atoms with Crippen molar-refractivity contribution >= 4 is 40.4 Å². The summed E-state index contributed by atoms with van der Waals surface area (Å²) >= 11 is 13.5. The molecule has 18 heavy (non-hydrogen) atoms. The van der Waals surface area contributed by atoms with Crippen molar-refractivity contribution in [2.24, 2.45) is 7.05 Å². The number of aryl methyl sites for hydroxylation is 2. The van der Waals surface area contributed by atoms with Gasteiger partial charge in [-0.2, -0.15) is 5.10 Å². The van der Waals surface area contributed by atoms with E-state index in [2.05, 4.69) is 10.00 Å². The summed E-state index contributed by atoms with van der Waals surface area (Å²) in [5.41, 5.74) is 2.07. The highest BCUT2D eigenvalue weighted by Crippen LogP contribution is 2.28. The van der Waals surface area contributed by atoms with Crippen LogP contribution in [0, 0.1) is 6.92 Å². The van der Waals surface area contributed by atoms with Gasteiger partial charge in [-0.15, -0.1) is 22.9 Å². The lowest BCUT2D eigenvalue weighted by Gasteiger charge is -2.19. The molecule has 0 aliphatic carbocycles. The van der Waals surface area contributed by atoms with Crippen LogP contribution in [0.5, 0.6) is 0 Å². The highest BCUT2D eigenvalue weighted by atomic mass is 35.5. The van der Waals surface area contributed by atoms with Crippen molar-refractivity contribution in [1.29, 1.82) is 0 Å². The highest BCUT2D eigenvalue weighted by Gasteiger charge is 2.16. The number of halogens is 2. The van der Waals surface area contributed by atoms with Crippen molar-refractivity contribution < 1.29 is 0 Å². The second kappa shape index (κ2) is 5.51. The number of hydrogen-bond acceptors (Lipinski definition) is 3. The van der Waals surface area contributed by atoms with Crippen LogP contribution < -0.4 is 4.90 Å². The Bertz CT molecular complexity index is 548. The molecule has 2 aromatic heterocycles. The fourth-order valence-electron chi connectivity index (χ4n) is 2.07. The van der Waals surface area contributed by atoms with E-state index in [1.54, 1.807) is 11.3 Å². The van der Waals surface area contributed by atoms with Crippen LogP contribution >= 0.6 is 34.5 Å². The maximum Gasteiger partial charge on any atom is 0.131 e. The molecule has 2 aromatic rings. The zero-order chi connectivity index (χ0) is 13.3. The number of alkyl halides is 1. The van der Waals surface area contributed by atoms with E-state index in [0.717, 1.165) is 28.0 Å². The molecule has 0 amide bonds. The van der Waals surface area contributed by atoms with Crippen molar-refractivity contribution in [2.45, 2.75) is 19.3 Å². The van der Waals surface area contributed by atoms with E-state index in [1.807, 2.05) is 37.8 Å². The molecule has 0 aliphatic rings. The van der Waals surface area contributed by atoms with E-state index < -0.39 is 0 Å². The minimum atomic E-state index is 0.477. The first-order valence-electron chi connectivity index (χ1n) is 5.56. The third-order valence-electron chi connectivity index (χ3n) is 2.83. The molecular formula is C12H15Cl2N3S. The van der Waals surface area contributed by atoms with Gasteiger partial charge in [0.1, 0.15) is 5.82 Å². The normalized spacial score (nSPS) is 10.9. The summed E-state index contributed by atoms with van der Waals surface area (Å²) in [6, 6.07) is 3.97. The average Bonchev–Trinajstić information content (AvgIpc) is 2.82. The maximum atomic E-state index is 6.00. The van der Waals surface area contributed by atoms with Gasteiger partial charge in [-0.05, 0) is 19.1 Å². The lowest BCUT2D eigenvalue weighted by atomic mass is 10.2. The summed E-state index contributed by atoms with van der Waals surface area (Å²) in [6.07, 6.45) is 0. The van der Waals surface area contributed by atoms with Crippen LogP contribution in [0.15, 0.2) is 12.1 Å². The summed E-state index contributed by atoms with van der Waals surface area (Å²) in [7, 11) is 3.98. The Balaban J connectivity index is 2.25. The molecule has 0 fully saturated rings. The Morgan fingerprint density at radius 1 is 1.44 bits per heavy atom. The molecule has 2 heterocycles. The molecule has 0 atom stereocenters. The van der Waals surface area contributed by atoms with Crippen LogP contribution in [-0.2, 0) is 19.5 Å². The Labute approximate surface area is 121 Å². The van der Waals surface area contributed by atoms with Gasteiger partial charge in [0.2, 0.25) is 0 Å². The minimum Gasteiger partial charge on any atom is -0.354 e. The van der Waals surface area contributed by atoms with Gasteiger partial charge < -0.3 is 4.90 Å². The fourth-order valence-corrected chi connectivity index (χ4v) is 3.52. The number of hydrogen-bond donors (Lipinski definition) is 0. The Morgan fingerprint density at radius 3 is 2.72 bits per heavy atom. The summed E-state index contributed by atoms with van der Waals surface area (Å²) in [4.78, 5) is 3.38. The predicted molar refractivity (Wildman–Crippen MR) is 78.9 cm³/mol. The molecule has 0 bridgehead atoms. The summed E-state index contributed by atoms with van der Waals surface area (Å²) < 4.78 is 2.69. The van der Waals surface area contributed by atoms with Crippen LogP contribution in [0.3, 0.4) is 0 Å². The number of nitrogens with zero attached hydrogens (tertiary/aromatic N) is 3. The Kier molecular flexibility index (Phi) is 4.20. The van der Waals surface area contributed by atoms with Crippen molar-refractivity contribution in [2.75, 3.05) is 11.9 Å². The first kappa shape index (κ1) is 13.7. The van der Waals surface area contributed by atoms with Crippen LogP contribution in [0.4, 0.5) is 5.82 Å². The van der Waals surface area contributed by atoms with Gasteiger partial charge in [-0.1, -0.05) is 11.6 Å². The van der Waals surface area contributed by atoms with Gasteiger partial charge in [0.15, 0.2) is 0 Å². The second-order valence-corrected chi connectivity index (χ2v) is 6.27. The van der Waals surface area contributed by atoms with Gasteiger partial charge in [0, 0.05) is 24.5 Å². The minimum absolute atomic E-state index is 0.477. The summed E-state index contributed by atoms with van der Waals surface area (Å²) in [5.74, 6) is 1.54. The van der Waals surface area contributed by atoms with Gasteiger partial charge in [-0.3, -0.25) is 4.68 Å². The molecule has 0 saturated heterocycles. The van der Waals surface area contributed by atoms with E-state index in [4.69, 9.17) is 23.2 Å². The Hall–Kier alpha value is -0.710. The Morgan fingerprint density at radius 2 is 2.17 bits per heavy atom. The van der Waals surface area contributed by atoms with Crippen LogP contribution in [-0.4, -0.2) is 16.8 Å². The third-order valence-corrected chi connectivity index (χ3v) is 4.31. The first-order valence-corrected chi connectivity index (χ1v) is 7.29. The lowest BCUT2D eigenvalue weighted by Crippen LogP contribution is -2.20. The number of aromatic nitrogens is 2. The van der Waals surface area contributed by atoms with Crippen LogP contribution in [0.1, 0.15) is 16.1 Å². The molecule has 0 unspecified atom stereocenters. The zero-order valence-electron chi connectivity index (χ0n) is 10.6. The van der Waals surface area contributed by atoms with E-state index in [0.29, 0.717) is 5.88 Å². The topological polar surface area (TPSA) is 21.1 Å². The summed E-state index contributed by atoms with van der Waals surface area (Å²) in [6.45, 7) is 2.79. The van der Waals surface area contributed by atoms with E-state index >= 15 is 0 Å². The van der Waals surface area contributed by atoms with Crippen LogP contribution in [0.2, 0.25) is 4.34 Å². The zero-order valence-corrected chi connectivity index (χ0v) is 12.9. The first-order chi connectivity index (χ1) is 8.52. The molecule has 0 N–H and O–H groups in total. The monoisotopic (exact) mass is 303 g/mol. The molecule has 3 nitrogen and oxygen atoms in total. The van der Waals surface area contributed by atoms with E-state index in [-0.39, 0.29) is 0 Å². The van der Waals surface area contributed by atoms with E-state index in [1.165, 1.54) is 4.88 Å². The fraction of sp³-hybridized carbons (Fsp3) is 0.417. The lowest BCUT2D eigenvalue weighted by molar-refractivity contribution is 0.728. The molecule has 98 valence electrons. The van der Waals surface area contributed by atoms with E-state index in [9.17, 15) is 0 Å². The summed E-state index contributed by atoms with van der Waals surface area (Å²) in [5, 5.41) is 4.42. The molecule has 2 rings (SSSR count). The number of anilines is 1. The largest absolute Gasteiger partial charge is 0.354 e. The molecule has 0 aliphatic heterocycles. The van der Waals surface area contributed by atoms with Crippen molar-refractivity contribution in [3.05, 3.63) is 32.6 Å². The maximum absolute atomic E-state index is 6.00. The van der Waals surface area contributed by atoms with Crippen molar-refractivity contribution in [3.63, 3.8) is 0 Å². The smallest absolute Gasteiger partial charge is 0.131 e. The highest BCUT2D eigenvalue weighted by molar-refractivity contribution is 7.16. The van der Waals surface area contributed by atoms with Gasteiger partial charge in [-0.25, -0.2) is 0 Å². The van der Waals surface area contributed by atoms with Crippen molar-refractivity contribution in [3.8, 4) is 0 Å². The molecule has 0 spiro atoms.